The van der Waals surface area contributed by atoms with E-state index in [1.807, 2.05) is 19.1 Å². The number of carbonyl (C=O) groups is 1. The van der Waals surface area contributed by atoms with Gasteiger partial charge in [0.1, 0.15) is 0 Å². The Labute approximate surface area is 148 Å². The monoisotopic (exact) mass is 361 g/mol. The third kappa shape index (κ3) is 3.07. The van der Waals surface area contributed by atoms with Gasteiger partial charge in [0.2, 0.25) is 0 Å². The summed E-state index contributed by atoms with van der Waals surface area (Å²) in [6.45, 7) is 2.91. The Hall–Kier alpha value is -2.18. The quantitative estimate of drug-likeness (QED) is 0.716. The van der Waals surface area contributed by atoms with Gasteiger partial charge >= 0.3 is 0 Å². The Balaban J connectivity index is 2.03. The van der Waals surface area contributed by atoms with Gasteiger partial charge in [-0.1, -0.05) is 29.8 Å². The number of fused-ring (bicyclic) bond motifs is 1. The van der Waals surface area contributed by atoms with Crippen LogP contribution in [0.5, 0.6) is 0 Å². The molecule has 24 heavy (non-hydrogen) atoms. The van der Waals surface area contributed by atoms with E-state index in [2.05, 4.69) is 5.10 Å². The number of amides is 1. The standard InChI is InChI=1S/C17H16ClN3O2S/c1-3-21(10-11-8-9-14(18)24-11)17(23)15-12-6-4-5-7-13(12)16(22)20(2)19-15/h4-9H,3,10H2,1-2H3. The maximum Gasteiger partial charge on any atom is 0.275 e. The summed E-state index contributed by atoms with van der Waals surface area (Å²) in [5.74, 6) is -0.200. The Bertz CT molecular complexity index is 964. The summed E-state index contributed by atoms with van der Waals surface area (Å²) in [5, 5.41) is 5.28. The van der Waals surface area contributed by atoms with Gasteiger partial charge in [0.15, 0.2) is 5.69 Å². The first-order chi connectivity index (χ1) is 11.5. The number of hydrogen-bond donors (Lipinski definition) is 0. The minimum absolute atomic E-state index is 0.200. The molecule has 0 unspecified atom stereocenters. The van der Waals surface area contributed by atoms with Crippen LogP contribution >= 0.6 is 22.9 Å². The van der Waals surface area contributed by atoms with E-state index in [4.69, 9.17) is 11.6 Å². The lowest BCUT2D eigenvalue weighted by Crippen LogP contribution is -2.33. The lowest BCUT2D eigenvalue weighted by molar-refractivity contribution is 0.0748. The molecule has 0 N–H and O–H groups in total. The number of rotatable bonds is 4. The lowest BCUT2D eigenvalue weighted by atomic mass is 10.1. The summed E-state index contributed by atoms with van der Waals surface area (Å²) < 4.78 is 1.91. The van der Waals surface area contributed by atoms with E-state index in [9.17, 15) is 9.59 Å². The van der Waals surface area contributed by atoms with E-state index in [1.54, 1.807) is 36.2 Å². The van der Waals surface area contributed by atoms with Gasteiger partial charge in [-0.15, -0.1) is 11.3 Å². The second-order valence-corrected chi connectivity index (χ2v) is 7.15. The summed E-state index contributed by atoms with van der Waals surface area (Å²) in [6.07, 6.45) is 0. The van der Waals surface area contributed by atoms with Crippen LogP contribution in [0.4, 0.5) is 0 Å². The van der Waals surface area contributed by atoms with Crippen LogP contribution in [-0.2, 0) is 13.6 Å². The van der Waals surface area contributed by atoms with Crippen molar-refractivity contribution in [3.8, 4) is 0 Å². The molecule has 0 saturated carbocycles. The Kier molecular flexibility index (Phi) is 4.69. The van der Waals surface area contributed by atoms with Gasteiger partial charge < -0.3 is 4.90 Å². The zero-order valence-corrected chi connectivity index (χ0v) is 14.9. The maximum atomic E-state index is 13.0. The molecule has 0 bridgehead atoms. The van der Waals surface area contributed by atoms with Crippen molar-refractivity contribution in [1.82, 2.24) is 14.7 Å². The molecule has 0 aliphatic carbocycles. The number of hydrogen-bond acceptors (Lipinski definition) is 4. The van der Waals surface area contributed by atoms with Crippen molar-refractivity contribution in [2.24, 2.45) is 7.05 Å². The van der Waals surface area contributed by atoms with E-state index in [-0.39, 0.29) is 17.2 Å². The molecule has 1 amide bonds. The third-order valence-electron chi connectivity index (χ3n) is 3.80. The first-order valence-electron chi connectivity index (χ1n) is 7.50. The van der Waals surface area contributed by atoms with Gasteiger partial charge in [-0.3, -0.25) is 9.59 Å². The summed E-state index contributed by atoms with van der Waals surface area (Å²) >= 11 is 7.41. The minimum atomic E-state index is -0.213. The van der Waals surface area contributed by atoms with Gasteiger partial charge in [-0.2, -0.15) is 5.10 Å². The number of halogens is 1. The van der Waals surface area contributed by atoms with Crippen LogP contribution in [0, 0.1) is 0 Å². The molecule has 0 aliphatic heterocycles. The van der Waals surface area contributed by atoms with Crippen molar-refractivity contribution >= 4 is 39.6 Å². The van der Waals surface area contributed by atoms with Gasteiger partial charge in [-0.25, -0.2) is 4.68 Å². The Morgan fingerprint density at radius 1 is 1.25 bits per heavy atom. The topological polar surface area (TPSA) is 55.2 Å². The summed E-state index contributed by atoms with van der Waals surface area (Å²) in [7, 11) is 1.56. The molecule has 2 heterocycles. The van der Waals surface area contributed by atoms with Crippen molar-refractivity contribution in [1.29, 1.82) is 0 Å². The molecule has 3 rings (SSSR count). The smallest absolute Gasteiger partial charge is 0.275 e. The number of aromatic nitrogens is 2. The van der Waals surface area contributed by atoms with Crippen LogP contribution < -0.4 is 5.56 Å². The van der Waals surface area contributed by atoms with Gasteiger partial charge in [0.25, 0.3) is 11.5 Å². The number of thiophene rings is 1. The number of carbonyl (C=O) groups excluding carboxylic acids is 1. The second kappa shape index (κ2) is 6.75. The highest BCUT2D eigenvalue weighted by molar-refractivity contribution is 7.16. The second-order valence-electron chi connectivity index (χ2n) is 5.35. The molecule has 0 fully saturated rings. The molecular weight excluding hydrogens is 346 g/mol. The number of nitrogens with zero attached hydrogens (tertiary/aromatic N) is 3. The van der Waals surface area contributed by atoms with Crippen molar-refractivity contribution < 1.29 is 4.79 Å². The number of benzene rings is 1. The average Bonchev–Trinajstić information content (AvgIpc) is 3.00. The Morgan fingerprint density at radius 2 is 1.96 bits per heavy atom. The number of aryl methyl sites for hydroxylation is 1. The molecule has 5 nitrogen and oxygen atoms in total. The van der Waals surface area contributed by atoms with E-state index in [1.165, 1.54) is 16.0 Å². The lowest BCUT2D eigenvalue weighted by Gasteiger charge is -2.20. The van der Waals surface area contributed by atoms with Crippen molar-refractivity contribution in [2.75, 3.05) is 6.54 Å². The summed E-state index contributed by atoms with van der Waals surface area (Å²) in [6, 6.07) is 10.8. The van der Waals surface area contributed by atoms with Gasteiger partial charge in [0, 0.05) is 23.9 Å². The van der Waals surface area contributed by atoms with Crippen LogP contribution in [-0.4, -0.2) is 27.1 Å². The van der Waals surface area contributed by atoms with E-state index < -0.39 is 0 Å². The third-order valence-corrected chi connectivity index (χ3v) is 5.02. The normalized spacial score (nSPS) is 11.0. The zero-order chi connectivity index (χ0) is 17.3. The van der Waals surface area contributed by atoms with E-state index in [0.29, 0.717) is 28.2 Å². The summed E-state index contributed by atoms with van der Waals surface area (Å²) in [4.78, 5) is 27.9. The zero-order valence-electron chi connectivity index (χ0n) is 13.3. The molecule has 3 aromatic rings. The molecular formula is C17H16ClN3O2S. The van der Waals surface area contributed by atoms with Crippen LogP contribution in [0.25, 0.3) is 10.8 Å². The molecule has 0 saturated heterocycles. The van der Waals surface area contributed by atoms with E-state index in [0.717, 1.165) is 4.88 Å². The average molecular weight is 362 g/mol. The predicted molar refractivity (Wildman–Crippen MR) is 96.7 cm³/mol. The Morgan fingerprint density at radius 3 is 2.58 bits per heavy atom. The maximum absolute atomic E-state index is 13.0. The van der Waals surface area contributed by atoms with E-state index >= 15 is 0 Å². The van der Waals surface area contributed by atoms with Crippen LogP contribution in [0.1, 0.15) is 22.3 Å². The SMILES string of the molecule is CCN(Cc1ccc(Cl)s1)C(=O)c1nn(C)c(=O)c2ccccc12. The highest BCUT2D eigenvalue weighted by Gasteiger charge is 2.21. The molecule has 7 heteroatoms. The molecule has 2 aromatic heterocycles. The van der Waals surface area contributed by atoms with Crippen LogP contribution in [0.2, 0.25) is 4.34 Å². The summed E-state index contributed by atoms with van der Waals surface area (Å²) in [5.41, 5.74) is 0.0763. The van der Waals surface area contributed by atoms with Crippen LogP contribution in [0.15, 0.2) is 41.2 Å². The van der Waals surface area contributed by atoms with Crippen molar-refractivity contribution in [3.63, 3.8) is 0 Å². The fourth-order valence-electron chi connectivity index (χ4n) is 2.56. The molecule has 0 aliphatic rings. The largest absolute Gasteiger partial charge is 0.332 e. The van der Waals surface area contributed by atoms with Crippen LogP contribution in [0.3, 0.4) is 0 Å². The van der Waals surface area contributed by atoms with Gasteiger partial charge in [0.05, 0.1) is 16.3 Å². The highest BCUT2D eigenvalue weighted by Crippen LogP contribution is 2.23. The fraction of sp³-hybridized carbons (Fsp3) is 0.235. The van der Waals surface area contributed by atoms with Crippen molar-refractivity contribution in [2.45, 2.75) is 13.5 Å². The predicted octanol–water partition coefficient (Wildman–Crippen LogP) is 3.31. The molecule has 0 radical (unpaired) electrons. The molecule has 0 spiro atoms. The highest BCUT2D eigenvalue weighted by atomic mass is 35.5. The van der Waals surface area contributed by atoms with Crippen molar-refractivity contribution in [3.05, 3.63) is 61.7 Å². The molecule has 124 valence electrons. The van der Waals surface area contributed by atoms with Gasteiger partial charge in [-0.05, 0) is 25.1 Å². The molecule has 1 aromatic carbocycles. The molecule has 0 atom stereocenters. The fourth-order valence-corrected chi connectivity index (χ4v) is 3.66. The minimum Gasteiger partial charge on any atom is -0.332 e. The first-order valence-corrected chi connectivity index (χ1v) is 8.70. The first kappa shape index (κ1) is 16.7.